The summed E-state index contributed by atoms with van der Waals surface area (Å²) in [5.41, 5.74) is 2.15. The Kier molecular flexibility index (Phi) is 5.80. The lowest BCUT2D eigenvalue weighted by Gasteiger charge is -2.32. The molecule has 1 aromatic carbocycles. The van der Waals surface area contributed by atoms with Crippen molar-refractivity contribution in [3.63, 3.8) is 0 Å². The van der Waals surface area contributed by atoms with Gasteiger partial charge < -0.3 is 20.1 Å². The number of benzene rings is 1. The number of carboxylic acids is 1. The number of anilines is 2. The largest absolute Gasteiger partial charge is 0.480 e. The molecule has 1 aromatic heterocycles. The number of rotatable bonds is 6. The summed E-state index contributed by atoms with van der Waals surface area (Å²) in [4.78, 5) is 31.2. The number of hydrogen-bond donors (Lipinski definition) is 2. The Bertz CT molecular complexity index is 922. The van der Waals surface area contributed by atoms with Crippen LogP contribution in [0.25, 0.3) is 0 Å². The first kappa shape index (κ1) is 19.4. The number of carbonyl (C=O) groups is 1. The van der Waals surface area contributed by atoms with E-state index < -0.39 is 12.5 Å². The molecule has 0 amide bonds. The molecule has 1 atom stereocenters. The standard InChI is InChI=1S/C21H26N4O4/c26-18(27)14-25-20(28)19-17(23-21(25)24-10-12-29-13-11-24)9-8-16(22-19)7-6-15-4-2-1-3-5-15/h1-5,16,22H,6-14H2,(H,26,27)/t16-/m0/s1. The van der Waals surface area contributed by atoms with Gasteiger partial charge in [-0.05, 0) is 31.2 Å². The fourth-order valence-corrected chi connectivity index (χ4v) is 3.98. The second-order valence-electron chi connectivity index (χ2n) is 7.52. The number of nitrogens with zero attached hydrogens (tertiary/aromatic N) is 3. The maximum atomic E-state index is 13.2. The Hall–Kier alpha value is -2.87. The van der Waals surface area contributed by atoms with Gasteiger partial charge in [-0.3, -0.25) is 14.2 Å². The van der Waals surface area contributed by atoms with E-state index in [9.17, 15) is 14.7 Å². The number of aryl methyl sites for hydroxylation is 2. The average molecular weight is 398 g/mol. The van der Waals surface area contributed by atoms with Gasteiger partial charge in [0.2, 0.25) is 5.95 Å². The minimum Gasteiger partial charge on any atom is -0.480 e. The lowest BCUT2D eigenvalue weighted by Crippen LogP contribution is -2.43. The SMILES string of the molecule is O=C(O)Cn1c(N2CCOCC2)nc2c(c1=O)N[C@@H](CCc1ccccc1)CC2. The summed E-state index contributed by atoms with van der Waals surface area (Å²) in [6, 6.07) is 10.4. The van der Waals surface area contributed by atoms with Crippen LogP contribution in [0.5, 0.6) is 0 Å². The van der Waals surface area contributed by atoms with E-state index in [0.717, 1.165) is 25.0 Å². The van der Waals surface area contributed by atoms with Crippen LogP contribution in [0.3, 0.4) is 0 Å². The van der Waals surface area contributed by atoms with Crippen molar-refractivity contribution < 1.29 is 14.6 Å². The smallest absolute Gasteiger partial charge is 0.323 e. The molecule has 8 nitrogen and oxygen atoms in total. The van der Waals surface area contributed by atoms with Crippen molar-refractivity contribution in [1.82, 2.24) is 9.55 Å². The summed E-state index contributed by atoms with van der Waals surface area (Å²) in [6.45, 7) is 1.87. The van der Waals surface area contributed by atoms with Gasteiger partial charge in [-0.2, -0.15) is 0 Å². The molecule has 0 aliphatic carbocycles. The third-order valence-corrected chi connectivity index (χ3v) is 5.51. The van der Waals surface area contributed by atoms with Gasteiger partial charge in [0.05, 0.1) is 18.9 Å². The predicted molar refractivity (Wildman–Crippen MR) is 110 cm³/mol. The first-order valence-corrected chi connectivity index (χ1v) is 10.1. The molecule has 0 radical (unpaired) electrons. The highest BCUT2D eigenvalue weighted by atomic mass is 16.5. The highest BCUT2D eigenvalue weighted by Gasteiger charge is 2.27. The number of aromatic nitrogens is 2. The minimum absolute atomic E-state index is 0.171. The van der Waals surface area contributed by atoms with E-state index in [0.29, 0.717) is 44.4 Å². The average Bonchev–Trinajstić information content (AvgIpc) is 2.75. The molecule has 154 valence electrons. The van der Waals surface area contributed by atoms with E-state index in [1.165, 1.54) is 10.1 Å². The molecule has 0 spiro atoms. The normalized spacial score (nSPS) is 18.8. The van der Waals surface area contributed by atoms with Crippen LogP contribution in [0, 0.1) is 0 Å². The number of morpholine rings is 1. The number of hydrogen-bond acceptors (Lipinski definition) is 6. The first-order valence-electron chi connectivity index (χ1n) is 10.1. The van der Waals surface area contributed by atoms with E-state index in [1.54, 1.807) is 0 Å². The molecule has 0 unspecified atom stereocenters. The topological polar surface area (TPSA) is 96.7 Å². The molecule has 1 fully saturated rings. The van der Waals surface area contributed by atoms with Gasteiger partial charge in [-0.1, -0.05) is 30.3 Å². The fourth-order valence-electron chi connectivity index (χ4n) is 3.98. The van der Waals surface area contributed by atoms with E-state index >= 15 is 0 Å². The summed E-state index contributed by atoms with van der Waals surface area (Å²) >= 11 is 0. The zero-order valence-corrected chi connectivity index (χ0v) is 16.3. The molecule has 0 saturated carbocycles. The van der Waals surface area contributed by atoms with Crippen LogP contribution in [-0.2, 0) is 28.9 Å². The Morgan fingerprint density at radius 3 is 2.72 bits per heavy atom. The zero-order chi connectivity index (χ0) is 20.2. The van der Waals surface area contributed by atoms with Crippen molar-refractivity contribution in [2.24, 2.45) is 0 Å². The third kappa shape index (κ3) is 4.42. The molecule has 3 heterocycles. The summed E-state index contributed by atoms with van der Waals surface area (Å²) in [6.07, 6.45) is 3.45. The van der Waals surface area contributed by atoms with Gasteiger partial charge in [0, 0.05) is 19.1 Å². The first-order chi connectivity index (χ1) is 14.1. The van der Waals surface area contributed by atoms with Gasteiger partial charge in [0.1, 0.15) is 12.2 Å². The van der Waals surface area contributed by atoms with Crippen LogP contribution >= 0.6 is 0 Å². The van der Waals surface area contributed by atoms with Gasteiger partial charge >= 0.3 is 5.97 Å². The number of carboxylic acid groups (broad SMARTS) is 1. The van der Waals surface area contributed by atoms with Crippen molar-refractivity contribution in [2.45, 2.75) is 38.3 Å². The maximum absolute atomic E-state index is 13.2. The van der Waals surface area contributed by atoms with E-state index in [1.807, 2.05) is 23.1 Å². The van der Waals surface area contributed by atoms with Crippen LogP contribution in [0.2, 0.25) is 0 Å². The van der Waals surface area contributed by atoms with Crippen LogP contribution < -0.4 is 15.8 Å². The molecule has 4 rings (SSSR count). The molecule has 0 bridgehead atoms. The fraction of sp³-hybridized carbons (Fsp3) is 0.476. The molecule has 2 aromatic rings. The van der Waals surface area contributed by atoms with E-state index in [2.05, 4.69) is 17.4 Å². The quantitative estimate of drug-likeness (QED) is 0.762. The van der Waals surface area contributed by atoms with Gasteiger partial charge in [-0.15, -0.1) is 0 Å². The maximum Gasteiger partial charge on any atom is 0.323 e. The van der Waals surface area contributed by atoms with Crippen LogP contribution in [0.1, 0.15) is 24.1 Å². The van der Waals surface area contributed by atoms with Gasteiger partial charge in [0.25, 0.3) is 5.56 Å². The monoisotopic (exact) mass is 398 g/mol. The Morgan fingerprint density at radius 2 is 2.00 bits per heavy atom. The third-order valence-electron chi connectivity index (χ3n) is 5.51. The molecular weight excluding hydrogens is 372 g/mol. The molecule has 1 saturated heterocycles. The number of fused-ring (bicyclic) bond motifs is 1. The summed E-state index contributed by atoms with van der Waals surface area (Å²) in [5.74, 6) is -0.621. The van der Waals surface area contributed by atoms with Crippen molar-refractivity contribution in [2.75, 3.05) is 36.5 Å². The highest BCUT2D eigenvalue weighted by Crippen LogP contribution is 2.25. The van der Waals surface area contributed by atoms with Gasteiger partial charge in [0.15, 0.2) is 0 Å². The van der Waals surface area contributed by atoms with Crippen LogP contribution in [0.4, 0.5) is 11.6 Å². The Morgan fingerprint density at radius 1 is 1.24 bits per heavy atom. The predicted octanol–water partition coefficient (Wildman–Crippen LogP) is 1.52. The van der Waals surface area contributed by atoms with Crippen molar-refractivity contribution in [3.8, 4) is 0 Å². The second-order valence-corrected chi connectivity index (χ2v) is 7.52. The zero-order valence-electron chi connectivity index (χ0n) is 16.3. The van der Waals surface area contributed by atoms with E-state index in [4.69, 9.17) is 9.72 Å². The lowest BCUT2D eigenvalue weighted by atomic mass is 9.97. The minimum atomic E-state index is -1.06. The molecule has 2 N–H and O–H groups in total. The van der Waals surface area contributed by atoms with E-state index in [-0.39, 0.29) is 11.6 Å². The molecular formula is C21H26N4O4. The molecule has 2 aliphatic heterocycles. The molecule has 2 aliphatic rings. The van der Waals surface area contributed by atoms with Gasteiger partial charge in [-0.25, -0.2) is 4.98 Å². The number of nitrogens with one attached hydrogen (secondary N) is 1. The number of ether oxygens (including phenoxy) is 1. The number of aliphatic carboxylic acids is 1. The molecule has 8 heteroatoms. The summed E-state index contributed by atoms with van der Waals surface area (Å²) in [7, 11) is 0. The molecule has 29 heavy (non-hydrogen) atoms. The summed E-state index contributed by atoms with van der Waals surface area (Å²) in [5, 5.41) is 12.7. The van der Waals surface area contributed by atoms with Crippen molar-refractivity contribution in [1.29, 1.82) is 0 Å². The van der Waals surface area contributed by atoms with Crippen molar-refractivity contribution >= 4 is 17.6 Å². The highest BCUT2D eigenvalue weighted by molar-refractivity contribution is 5.68. The van der Waals surface area contributed by atoms with Crippen LogP contribution in [0.15, 0.2) is 35.1 Å². The van der Waals surface area contributed by atoms with Crippen molar-refractivity contribution in [3.05, 3.63) is 51.9 Å². The lowest BCUT2D eigenvalue weighted by molar-refractivity contribution is -0.137. The van der Waals surface area contributed by atoms with Crippen LogP contribution in [-0.4, -0.2) is 53.0 Å². The summed E-state index contributed by atoms with van der Waals surface area (Å²) < 4.78 is 6.65. The Labute approximate surface area is 169 Å². The Balaban J connectivity index is 1.58. The second kappa shape index (κ2) is 8.65.